The molecule has 0 spiro atoms. The number of rotatable bonds is 7. The van der Waals surface area contributed by atoms with Gasteiger partial charge in [-0.15, -0.1) is 0 Å². The minimum atomic E-state index is -2.04. The summed E-state index contributed by atoms with van der Waals surface area (Å²) in [7, 11) is 0. The van der Waals surface area contributed by atoms with E-state index in [1.165, 1.54) is 0 Å². The lowest BCUT2D eigenvalue weighted by Crippen LogP contribution is -2.45. The predicted molar refractivity (Wildman–Crippen MR) is 99.7 cm³/mol. The molecule has 0 aliphatic carbocycles. The van der Waals surface area contributed by atoms with Crippen LogP contribution in [0.15, 0.2) is 22.7 Å². The zero-order chi connectivity index (χ0) is 20.1. The number of halogens is 1. The van der Waals surface area contributed by atoms with Crippen molar-refractivity contribution in [1.82, 2.24) is 0 Å². The second-order valence-electron chi connectivity index (χ2n) is 7.13. The van der Waals surface area contributed by atoms with Crippen LogP contribution in [0.2, 0.25) is 0 Å². The SMILES string of the molecule is CCOC(=O)C(CC(=O)OC(C)(C)C)(Cc1ccc(Br)c(C)c1)C(=O)O. The topological polar surface area (TPSA) is 89.9 Å². The van der Waals surface area contributed by atoms with Crippen LogP contribution in [0.3, 0.4) is 0 Å². The molecule has 0 aliphatic rings. The molecule has 0 saturated carbocycles. The van der Waals surface area contributed by atoms with Crippen molar-refractivity contribution in [3.8, 4) is 0 Å². The third-order valence-electron chi connectivity index (χ3n) is 3.67. The molecule has 26 heavy (non-hydrogen) atoms. The van der Waals surface area contributed by atoms with Crippen molar-refractivity contribution in [2.75, 3.05) is 6.61 Å². The predicted octanol–water partition coefficient (Wildman–Crippen LogP) is 3.67. The maximum absolute atomic E-state index is 12.5. The second kappa shape index (κ2) is 8.66. The van der Waals surface area contributed by atoms with E-state index in [9.17, 15) is 19.5 Å². The van der Waals surface area contributed by atoms with Gasteiger partial charge in [0, 0.05) is 4.47 Å². The summed E-state index contributed by atoms with van der Waals surface area (Å²) in [4.78, 5) is 36.9. The molecule has 1 aromatic carbocycles. The first-order valence-corrected chi connectivity index (χ1v) is 9.08. The van der Waals surface area contributed by atoms with E-state index in [1.807, 2.05) is 6.92 Å². The number of carboxylic acids is 1. The third-order valence-corrected chi connectivity index (χ3v) is 4.56. The first-order valence-electron chi connectivity index (χ1n) is 8.29. The van der Waals surface area contributed by atoms with Crippen LogP contribution in [0.25, 0.3) is 0 Å². The molecule has 0 radical (unpaired) electrons. The van der Waals surface area contributed by atoms with E-state index in [2.05, 4.69) is 15.9 Å². The average Bonchev–Trinajstić information content (AvgIpc) is 2.48. The van der Waals surface area contributed by atoms with Gasteiger partial charge in [-0.05, 0) is 58.2 Å². The van der Waals surface area contributed by atoms with Crippen molar-refractivity contribution in [1.29, 1.82) is 0 Å². The Morgan fingerprint density at radius 1 is 1.19 bits per heavy atom. The number of aliphatic carboxylic acids is 1. The van der Waals surface area contributed by atoms with Crippen LogP contribution < -0.4 is 0 Å². The molecule has 1 rings (SSSR count). The molecule has 0 amide bonds. The Hall–Kier alpha value is -1.89. The van der Waals surface area contributed by atoms with Gasteiger partial charge in [-0.2, -0.15) is 0 Å². The van der Waals surface area contributed by atoms with Gasteiger partial charge in [0.1, 0.15) is 5.60 Å². The highest BCUT2D eigenvalue weighted by atomic mass is 79.9. The summed E-state index contributed by atoms with van der Waals surface area (Å²) < 4.78 is 11.1. The van der Waals surface area contributed by atoms with E-state index >= 15 is 0 Å². The minimum Gasteiger partial charge on any atom is -0.480 e. The summed E-state index contributed by atoms with van der Waals surface area (Å²) in [5.41, 5.74) is -1.32. The summed E-state index contributed by atoms with van der Waals surface area (Å²) in [6.45, 7) is 8.49. The van der Waals surface area contributed by atoms with Crippen LogP contribution >= 0.6 is 15.9 Å². The van der Waals surface area contributed by atoms with Gasteiger partial charge in [0.15, 0.2) is 5.41 Å². The largest absolute Gasteiger partial charge is 0.480 e. The fourth-order valence-corrected chi connectivity index (χ4v) is 2.75. The Morgan fingerprint density at radius 3 is 2.27 bits per heavy atom. The van der Waals surface area contributed by atoms with Gasteiger partial charge in [0.25, 0.3) is 0 Å². The first-order chi connectivity index (χ1) is 11.9. The Bertz CT molecular complexity index is 692. The van der Waals surface area contributed by atoms with Gasteiger partial charge < -0.3 is 14.6 Å². The van der Waals surface area contributed by atoms with Crippen LogP contribution in [0.1, 0.15) is 45.2 Å². The lowest BCUT2D eigenvalue weighted by Gasteiger charge is -2.28. The molecule has 0 bridgehead atoms. The fourth-order valence-electron chi connectivity index (χ4n) is 2.50. The number of hydrogen-bond acceptors (Lipinski definition) is 5. The van der Waals surface area contributed by atoms with Gasteiger partial charge in [-0.3, -0.25) is 14.4 Å². The molecule has 0 fully saturated rings. The zero-order valence-corrected chi connectivity index (χ0v) is 17.3. The molecule has 0 aromatic heterocycles. The molecule has 0 heterocycles. The maximum Gasteiger partial charge on any atom is 0.324 e. The minimum absolute atomic E-state index is 0.0154. The molecule has 1 atom stereocenters. The van der Waals surface area contributed by atoms with Gasteiger partial charge in [-0.25, -0.2) is 0 Å². The molecule has 6 nitrogen and oxygen atoms in total. The number of hydrogen-bond donors (Lipinski definition) is 1. The number of aryl methyl sites for hydroxylation is 1. The van der Waals surface area contributed by atoms with Crippen molar-refractivity contribution >= 4 is 33.8 Å². The lowest BCUT2D eigenvalue weighted by atomic mass is 9.78. The summed E-state index contributed by atoms with van der Waals surface area (Å²) in [5, 5.41) is 9.84. The summed E-state index contributed by atoms with van der Waals surface area (Å²) in [6, 6.07) is 5.26. The third kappa shape index (κ3) is 5.83. The summed E-state index contributed by atoms with van der Waals surface area (Å²) in [5.74, 6) is -3.12. The van der Waals surface area contributed by atoms with Gasteiger partial charge in [0.05, 0.1) is 13.0 Å². The number of benzene rings is 1. The second-order valence-corrected chi connectivity index (χ2v) is 7.99. The van der Waals surface area contributed by atoms with E-state index in [1.54, 1.807) is 45.9 Å². The highest BCUT2D eigenvalue weighted by molar-refractivity contribution is 9.10. The first kappa shape index (κ1) is 22.2. The quantitative estimate of drug-likeness (QED) is 0.526. The van der Waals surface area contributed by atoms with Crippen LogP contribution in [0.5, 0.6) is 0 Å². The van der Waals surface area contributed by atoms with E-state index < -0.39 is 35.3 Å². The van der Waals surface area contributed by atoms with Gasteiger partial charge >= 0.3 is 17.9 Å². The maximum atomic E-state index is 12.5. The van der Waals surface area contributed by atoms with Crippen molar-refractivity contribution in [2.24, 2.45) is 5.41 Å². The lowest BCUT2D eigenvalue weighted by molar-refractivity contribution is -0.177. The van der Waals surface area contributed by atoms with E-state index in [-0.39, 0.29) is 13.0 Å². The van der Waals surface area contributed by atoms with Crippen LogP contribution in [-0.2, 0) is 30.3 Å². The van der Waals surface area contributed by atoms with Crippen molar-refractivity contribution in [2.45, 2.75) is 53.1 Å². The number of carboxylic acid groups (broad SMARTS) is 1. The smallest absolute Gasteiger partial charge is 0.324 e. The van der Waals surface area contributed by atoms with Crippen LogP contribution in [0.4, 0.5) is 0 Å². The van der Waals surface area contributed by atoms with E-state index in [0.29, 0.717) is 5.56 Å². The molecule has 7 heteroatoms. The van der Waals surface area contributed by atoms with Crippen molar-refractivity contribution < 1.29 is 29.0 Å². The molecule has 1 unspecified atom stereocenters. The summed E-state index contributed by atoms with van der Waals surface area (Å²) >= 11 is 3.38. The average molecular weight is 429 g/mol. The van der Waals surface area contributed by atoms with Crippen molar-refractivity contribution in [3.05, 3.63) is 33.8 Å². The number of esters is 2. The van der Waals surface area contributed by atoms with E-state index in [0.717, 1.165) is 10.0 Å². The van der Waals surface area contributed by atoms with Gasteiger partial charge in [-0.1, -0.05) is 28.1 Å². The molecular formula is C19H25BrO6. The molecule has 0 saturated heterocycles. The molecule has 1 aromatic rings. The van der Waals surface area contributed by atoms with Crippen LogP contribution in [-0.4, -0.2) is 35.2 Å². The monoisotopic (exact) mass is 428 g/mol. The molecular weight excluding hydrogens is 404 g/mol. The Balaban J connectivity index is 3.29. The standard InChI is InChI=1S/C19H25BrO6/c1-6-25-17(24)19(16(22)23,11-15(21)26-18(3,4)5)10-13-7-8-14(20)12(2)9-13/h7-9H,6,10-11H2,1-5H3,(H,22,23). The van der Waals surface area contributed by atoms with E-state index in [4.69, 9.17) is 9.47 Å². The molecule has 0 aliphatic heterocycles. The zero-order valence-electron chi connectivity index (χ0n) is 15.7. The molecule has 1 N–H and O–H groups in total. The number of carbonyl (C=O) groups is 3. The van der Waals surface area contributed by atoms with Crippen molar-refractivity contribution in [3.63, 3.8) is 0 Å². The Kier molecular flexibility index (Phi) is 7.38. The normalized spacial score (nSPS) is 13.6. The fraction of sp³-hybridized carbons (Fsp3) is 0.526. The highest BCUT2D eigenvalue weighted by Crippen LogP contribution is 2.32. The number of carbonyl (C=O) groups excluding carboxylic acids is 2. The van der Waals surface area contributed by atoms with Gasteiger partial charge in [0.2, 0.25) is 0 Å². The van der Waals surface area contributed by atoms with Crippen LogP contribution in [0, 0.1) is 12.3 Å². The summed E-state index contributed by atoms with van der Waals surface area (Å²) in [6.07, 6.45) is -0.776. The highest BCUT2D eigenvalue weighted by Gasteiger charge is 2.50. The molecule has 144 valence electrons. The Morgan fingerprint density at radius 2 is 1.81 bits per heavy atom. The Labute approximate surface area is 162 Å². The number of ether oxygens (including phenoxy) is 2.